The van der Waals surface area contributed by atoms with Crippen molar-refractivity contribution in [1.82, 2.24) is 19.4 Å². The molecule has 13 heteroatoms. The zero-order valence-electron chi connectivity index (χ0n) is 33.7. The van der Waals surface area contributed by atoms with Gasteiger partial charge in [0.25, 0.3) is 0 Å². The van der Waals surface area contributed by atoms with E-state index in [1.165, 1.54) is 19.8 Å². The summed E-state index contributed by atoms with van der Waals surface area (Å²) in [5, 5.41) is 5.30. The summed E-state index contributed by atoms with van der Waals surface area (Å²) >= 11 is 0. The van der Waals surface area contributed by atoms with Crippen LogP contribution in [0.1, 0.15) is 36.6 Å². The number of morpholine rings is 2. The molecule has 0 amide bonds. The first kappa shape index (κ1) is 42.6. The van der Waals surface area contributed by atoms with Crippen LogP contribution >= 0.6 is 0 Å². The molecule has 0 spiro atoms. The van der Waals surface area contributed by atoms with E-state index in [9.17, 15) is 14.4 Å². The average molecular weight is 805 g/mol. The van der Waals surface area contributed by atoms with E-state index in [1.807, 2.05) is 65.5 Å². The highest BCUT2D eigenvalue weighted by Gasteiger charge is 2.12. The smallest absolute Gasteiger partial charge is 0.337 e. The maximum absolute atomic E-state index is 11.8. The Hall–Kier alpha value is -5.99. The summed E-state index contributed by atoms with van der Waals surface area (Å²) in [6.45, 7) is 10.8. The van der Waals surface area contributed by atoms with Gasteiger partial charge in [0.2, 0.25) is 0 Å². The number of benzene rings is 4. The van der Waals surface area contributed by atoms with Crippen LogP contribution in [0.15, 0.2) is 109 Å². The lowest BCUT2D eigenvalue weighted by molar-refractivity contribution is 0.0342. The number of rotatable bonds is 13. The normalized spacial score (nSPS) is 14.0. The molecule has 6 aromatic rings. The molecular formula is C46H52N4O9. The van der Waals surface area contributed by atoms with E-state index in [2.05, 4.69) is 26.9 Å². The minimum atomic E-state index is -0.351. The summed E-state index contributed by atoms with van der Waals surface area (Å²) in [7, 11) is 2.76. The number of fused-ring (bicyclic) bond motifs is 2. The number of aromatic nitrogens is 2. The Kier molecular flexibility index (Phi) is 16.1. The van der Waals surface area contributed by atoms with Crippen molar-refractivity contribution in [2.75, 3.05) is 80.0 Å². The third-order valence-corrected chi connectivity index (χ3v) is 9.89. The molecule has 0 radical (unpaired) electrons. The molecule has 1 N–H and O–H groups in total. The number of hydrogen-bond acceptors (Lipinski definition) is 11. The standard InChI is InChI=1S/C23H26N2O4.C19H17NO4.C4H9NO/c1-27-23(26)20-5-4-19-8-9-25(22(19)16-20)12-15-29-21-6-2-18(3-7-21)17-24-10-13-28-14-11-24;1-23-19(22)16-5-4-15-8-9-20(18(15)12-16)10-11-24-17-6-2-14(13-21)3-7-17;1-3-6-4-2-5-1/h2-9,16H,10-15,17H2,1H3;2-9,12-13H,10-11H2,1H3;5H,1-4H2. The number of carbonyl (C=O) groups excluding carboxylic acids is 3. The van der Waals surface area contributed by atoms with Crippen molar-refractivity contribution in [3.05, 3.63) is 132 Å². The SMILES string of the molecule is C1COCCN1.COC(=O)c1ccc2ccn(CCOc3ccc(C=O)cc3)c2c1.COC(=O)c1ccc2ccn(CCOc3ccc(CN4CCOCC4)cc3)c2c1. The van der Waals surface area contributed by atoms with Crippen LogP contribution in [0.5, 0.6) is 11.5 Å². The molecule has 2 fully saturated rings. The molecule has 2 saturated heterocycles. The van der Waals surface area contributed by atoms with Crippen molar-refractivity contribution < 1.29 is 42.8 Å². The molecule has 0 atom stereocenters. The van der Waals surface area contributed by atoms with Crippen LogP contribution in [0.2, 0.25) is 0 Å². The van der Waals surface area contributed by atoms with Crippen LogP contribution in [0.3, 0.4) is 0 Å². The molecule has 59 heavy (non-hydrogen) atoms. The molecule has 4 heterocycles. The lowest BCUT2D eigenvalue weighted by Gasteiger charge is -2.26. The van der Waals surface area contributed by atoms with Gasteiger partial charge in [-0.1, -0.05) is 24.3 Å². The quantitative estimate of drug-likeness (QED) is 0.105. The molecule has 0 unspecified atom stereocenters. The fourth-order valence-corrected chi connectivity index (χ4v) is 6.64. The first-order valence-corrected chi connectivity index (χ1v) is 19.8. The zero-order valence-corrected chi connectivity index (χ0v) is 33.7. The van der Waals surface area contributed by atoms with Gasteiger partial charge in [0.1, 0.15) is 31.0 Å². The Labute approximate surface area is 344 Å². The van der Waals surface area contributed by atoms with E-state index in [4.69, 9.17) is 28.4 Å². The number of nitrogens with one attached hydrogen (secondary N) is 1. The van der Waals surface area contributed by atoms with E-state index < -0.39 is 0 Å². The molecule has 4 aromatic carbocycles. The van der Waals surface area contributed by atoms with E-state index in [0.29, 0.717) is 48.7 Å². The highest BCUT2D eigenvalue weighted by atomic mass is 16.5. The Morgan fingerprint density at radius 1 is 0.644 bits per heavy atom. The van der Waals surface area contributed by atoms with Crippen LogP contribution < -0.4 is 14.8 Å². The number of nitrogens with zero attached hydrogens (tertiary/aromatic N) is 3. The zero-order chi connectivity index (χ0) is 41.2. The predicted molar refractivity (Wildman–Crippen MR) is 226 cm³/mol. The van der Waals surface area contributed by atoms with Gasteiger partial charge in [-0.15, -0.1) is 0 Å². The van der Waals surface area contributed by atoms with Crippen LogP contribution in [0, 0.1) is 0 Å². The van der Waals surface area contributed by atoms with Gasteiger partial charge in [0.05, 0.1) is 64.9 Å². The maximum Gasteiger partial charge on any atom is 0.337 e. The first-order valence-electron chi connectivity index (χ1n) is 19.8. The second-order valence-electron chi connectivity index (χ2n) is 13.8. The monoisotopic (exact) mass is 804 g/mol. The minimum absolute atomic E-state index is 0.326. The molecule has 0 bridgehead atoms. The van der Waals surface area contributed by atoms with Gasteiger partial charge in [-0.3, -0.25) is 9.69 Å². The number of ether oxygens (including phenoxy) is 6. The van der Waals surface area contributed by atoms with Gasteiger partial charge in [0, 0.05) is 61.7 Å². The number of esters is 2. The molecular weight excluding hydrogens is 753 g/mol. The number of methoxy groups -OCH3 is 2. The number of hydrogen-bond donors (Lipinski definition) is 1. The summed E-state index contributed by atoms with van der Waals surface area (Å²) in [5.41, 5.74) is 4.93. The van der Waals surface area contributed by atoms with E-state index in [0.717, 1.165) is 93.0 Å². The van der Waals surface area contributed by atoms with Crippen molar-refractivity contribution in [1.29, 1.82) is 0 Å². The Morgan fingerprint density at radius 2 is 1.14 bits per heavy atom. The molecule has 0 aliphatic carbocycles. The largest absolute Gasteiger partial charge is 0.492 e. The summed E-state index contributed by atoms with van der Waals surface area (Å²) < 4.78 is 35.7. The average Bonchev–Trinajstić information content (AvgIpc) is 3.91. The molecule has 310 valence electrons. The van der Waals surface area contributed by atoms with Gasteiger partial charge < -0.3 is 42.9 Å². The molecule has 8 rings (SSSR count). The minimum Gasteiger partial charge on any atom is -0.492 e. The van der Waals surface area contributed by atoms with Crippen LogP contribution in [-0.4, -0.2) is 112 Å². The number of aldehydes is 1. The molecule has 2 aromatic heterocycles. The third kappa shape index (κ3) is 12.5. The molecule has 0 saturated carbocycles. The summed E-state index contributed by atoms with van der Waals surface area (Å²) in [5.74, 6) is 0.902. The maximum atomic E-state index is 11.8. The molecule has 2 aliphatic rings. The highest BCUT2D eigenvalue weighted by Crippen LogP contribution is 2.21. The molecule has 2 aliphatic heterocycles. The van der Waals surface area contributed by atoms with Gasteiger partial charge in [-0.25, -0.2) is 9.59 Å². The lowest BCUT2D eigenvalue weighted by atomic mass is 10.1. The van der Waals surface area contributed by atoms with Gasteiger partial charge in [0.15, 0.2) is 0 Å². The van der Waals surface area contributed by atoms with Gasteiger partial charge >= 0.3 is 11.9 Å². The lowest BCUT2D eigenvalue weighted by Crippen LogP contribution is -2.35. The van der Waals surface area contributed by atoms with E-state index in [1.54, 1.807) is 36.4 Å². The number of carbonyl (C=O) groups is 3. The van der Waals surface area contributed by atoms with Crippen molar-refractivity contribution in [3.8, 4) is 11.5 Å². The van der Waals surface area contributed by atoms with Crippen LogP contribution in [0.25, 0.3) is 21.8 Å². The van der Waals surface area contributed by atoms with E-state index in [-0.39, 0.29) is 11.9 Å². The van der Waals surface area contributed by atoms with Crippen LogP contribution in [0.4, 0.5) is 0 Å². The summed E-state index contributed by atoms with van der Waals surface area (Å²) in [4.78, 5) is 36.5. The molecule has 13 nitrogen and oxygen atoms in total. The van der Waals surface area contributed by atoms with Crippen molar-refractivity contribution in [3.63, 3.8) is 0 Å². The second-order valence-corrected chi connectivity index (χ2v) is 13.8. The summed E-state index contributed by atoms with van der Waals surface area (Å²) in [6, 6.07) is 30.4. The van der Waals surface area contributed by atoms with Gasteiger partial charge in [-0.05, 0) is 89.1 Å². The van der Waals surface area contributed by atoms with Crippen molar-refractivity contribution in [2.45, 2.75) is 19.6 Å². The Bertz CT molecular complexity index is 2230. The Morgan fingerprint density at radius 3 is 1.58 bits per heavy atom. The topological polar surface area (TPSA) is 132 Å². The van der Waals surface area contributed by atoms with Crippen LogP contribution in [-0.2, 0) is 38.6 Å². The van der Waals surface area contributed by atoms with Gasteiger partial charge in [-0.2, -0.15) is 0 Å². The highest BCUT2D eigenvalue weighted by molar-refractivity contribution is 5.95. The van der Waals surface area contributed by atoms with Crippen molar-refractivity contribution in [2.24, 2.45) is 0 Å². The van der Waals surface area contributed by atoms with E-state index >= 15 is 0 Å². The Balaban J connectivity index is 0.000000176. The first-order chi connectivity index (χ1) is 28.9. The predicted octanol–water partition coefficient (Wildman–Crippen LogP) is 6.26. The summed E-state index contributed by atoms with van der Waals surface area (Å²) in [6.07, 6.45) is 4.78. The fourth-order valence-electron chi connectivity index (χ4n) is 6.64. The fraction of sp³-hybridized carbons (Fsp3) is 0.326. The second kappa shape index (κ2) is 22.2. The van der Waals surface area contributed by atoms with Crippen molar-refractivity contribution >= 4 is 40.0 Å². The third-order valence-electron chi connectivity index (χ3n) is 9.89.